The van der Waals surface area contributed by atoms with Crippen LogP contribution in [0.15, 0.2) is 59.6 Å². The summed E-state index contributed by atoms with van der Waals surface area (Å²) in [7, 11) is 0. The van der Waals surface area contributed by atoms with Crippen molar-refractivity contribution in [2.45, 2.75) is 36.8 Å². The number of hydrogen-bond donors (Lipinski definition) is 0. The summed E-state index contributed by atoms with van der Waals surface area (Å²) >= 11 is 1.77. The molecule has 4 nitrogen and oxygen atoms in total. The highest BCUT2D eigenvalue weighted by molar-refractivity contribution is 7.99. The lowest BCUT2D eigenvalue weighted by Crippen LogP contribution is -2.31. The molecule has 2 heterocycles. The van der Waals surface area contributed by atoms with Crippen LogP contribution in [-0.2, 0) is 12.8 Å². The van der Waals surface area contributed by atoms with Crippen LogP contribution in [0.25, 0.3) is 11.4 Å². The molecule has 3 aromatic rings. The van der Waals surface area contributed by atoms with Crippen molar-refractivity contribution in [1.29, 1.82) is 0 Å². The summed E-state index contributed by atoms with van der Waals surface area (Å²) in [6, 6.07) is 18.1. The summed E-state index contributed by atoms with van der Waals surface area (Å²) in [6.07, 6.45) is 4.55. The summed E-state index contributed by atoms with van der Waals surface area (Å²) in [6.45, 7) is 0.572. The van der Waals surface area contributed by atoms with E-state index in [0.29, 0.717) is 6.61 Å². The fourth-order valence-corrected chi connectivity index (χ4v) is 4.77. The molecule has 2 aromatic carbocycles. The van der Waals surface area contributed by atoms with Gasteiger partial charge in [-0.25, -0.2) is 9.97 Å². The molecular formula is C23H22N2O2S. The fourth-order valence-electron chi connectivity index (χ4n) is 3.71. The second kappa shape index (κ2) is 7.84. The molecule has 0 radical (unpaired) electrons. The Labute approximate surface area is 169 Å². The SMILES string of the molecule is c1ccc(-c2nc3c(c(SCC4COc5ccccc5O4)n2)CCCC3)cc1. The number of hydrogen-bond acceptors (Lipinski definition) is 5. The van der Waals surface area contributed by atoms with Gasteiger partial charge in [0.25, 0.3) is 0 Å². The van der Waals surface area contributed by atoms with Gasteiger partial charge in [0, 0.05) is 22.6 Å². The number of thioether (sulfide) groups is 1. The minimum atomic E-state index is 0.0225. The van der Waals surface area contributed by atoms with Crippen LogP contribution in [-0.4, -0.2) is 28.4 Å². The van der Waals surface area contributed by atoms with Crippen LogP contribution < -0.4 is 9.47 Å². The topological polar surface area (TPSA) is 44.2 Å². The Morgan fingerprint density at radius 1 is 0.893 bits per heavy atom. The molecule has 5 rings (SSSR count). The molecule has 1 atom stereocenters. The van der Waals surface area contributed by atoms with Crippen LogP contribution in [0.3, 0.4) is 0 Å². The Hall–Kier alpha value is -2.53. The normalized spacial score (nSPS) is 17.8. The number of ether oxygens (including phenoxy) is 2. The van der Waals surface area contributed by atoms with E-state index >= 15 is 0 Å². The molecular weight excluding hydrogens is 368 g/mol. The van der Waals surface area contributed by atoms with Gasteiger partial charge in [-0.1, -0.05) is 42.5 Å². The van der Waals surface area contributed by atoms with Crippen molar-refractivity contribution in [3.63, 3.8) is 0 Å². The van der Waals surface area contributed by atoms with Crippen molar-refractivity contribution < 1.29 is 9.47 Å². The number of benzene rings is 2. The molecule has 0 N–H and O–H groups in total. The molecule has 0 amide bonds. The van der Waals surface area contributed by atoms with E-state index in [-0.39, 0.29) is 6.10 Å². The average Bonchev–Trinajstić information content (AvgIpc) is 2.77. The molecule has 1 aromatic heterocycles. The van der Waals surface area contributed by atoms with E-state index in [2.05, 4.69) is 12.1 Å². The van der Waals surface area contributed by atoms with E-state index < -0.39 is 0 Å². The predicted octanol–water partition coefficient (Wildman–Crippen LogP) is 4.95. The molecule has 0 fully saturated rings. The van der Waals surface area contributed by atoms with Crippen molar-refractivity contribution in [3.05, 3.63) is 65.9 Å². The molecule has 5 heteroatoms. The predicted molar refractivity (Wildman–Crippen MR) is 111 cm³/mol. The second-order valence-corrected chi connectivity index (χ2v) is 8.17. The van der Waals surface area contributed by atoms with Crippen LogP contribution in [0.1, 0.15) is 24.1 Å². The maximum absolute atomic E-state index is 6.12. The van der Waals surface area contributed by atoms with Crippen LogP contribution in [0.4, 0.5) is 0 Å². The lowest BCUT2D eigenvalue weighted by molar-refractivity contribution is 0.107. The van der Waals surface area contributed by atoms with E-state index in [0.717, 1.165) is 46.5 Å². The molecule has 1 aliphatic carbocycles. The van der Waals surface area contributed by atoms with E-state index in [4.69, 9.17) is 19.4 Å². The summed E-state index contributed by atoms with van der Waals surface area (Å²) < 4.78 is 12.0. The monoisotopic (exact) mass is 390 g/mol. The Balaban J connectivity index is 1.38. The fraction of sp³-hybridized carbons (Fsp3) is 0.304. The third-order valence-electron chi connectivity index (χ3n) is 5.15. The van der Waals surface area contributed by atoms with Gasteiger partial charge in [0.1, 0.15) is 17.7 Å². The summed E-state index contributed by atoms with van der Waals surface area (Å²) in [5, 5.41) is 1.10. The lowest BCUT2D eigenvalue weighted by Gasteiger charge is -2.26. The average molecular weight is 391 g/mol. The van der Waals surface area contributed by atoms with Gasteiger partial charge in [0.15, 0.2) is 17.3 Å². The van der Waals surface area contributed by atoms with Crippen molar-refractivity contribution in [2.75, 3.05) is 12.4 Å². The molecule has 2 aliphatic rings. The Morgan fingerprint density at radius 2 is 1.68 bits per heavy atom. The second-order valence-electron chi connectivity index (χ2n) is 7.16. The van der Waals surface area contributed by atoms with Crippen LogP contribution in [0.5, 0.6) is 11.5 Å². The number of para-hydroxylation sites is 2. The van der Waals surface area contributed by atoms with Gasteiger partial charge in [0.05, 0.1) is 0 Å². The first kappa shape index (κ1) is 17.6. The van der Waals surface area contributed by atoms with Crippen molar-refractivity contribution in [3.8, 4) is 22.9 Å². The largest absolute Gasteiger partial charge is 0.486 e. The number of nitrogens with zero attached hydrogens (tertiary/aromatic N) is 2. The lowest BCUT2D eigenvalue weighted by atomic mass is 9.97. The van der Waals surface area contributed by atoms with Crippen molar-refractivity contribution in [1.82, 2.24) is 9.97 Å². The zero-order valence-corrected chi connectivity index (χ0v) is 16.5. The maximum atomic E-state index is 6.12. The van der Waals surface area contributed by atoms with Gasteiger partial charge in [-0.3, -0.25) is 0 Å². The molecule has 0 saturated heterocycles. The molecule has 1 aliphatic heterocycles. The molecule has 0 saturated carbocycles. The third kappa shape index (κ3) is 3.59. The number of rotatable bonds is 4. The van der Waals surface area contributed by atoms with Crippen molar-refractivity contribution >= 4 is 11.8 Å². The van der Waals surface area contributed by atoms with Crippen LogP contribution in [0.2, 0.25) is 0 Å². The Kier molecular flexibility index (Phi) is 4.92. The Bertz CT molecular complexity index is 978. The van der Waals surface area contributed by atoms with E-state index in [1.54, 1.807) is 11.8 Å². The minimum Gasteiger partial charge on any atom is -0.486 e. The van der Waals surface area contributed by atoms with E-state index in [1.165, 1.54) is 24.1 Å². The minimum absolute atomic E-state index is 0.0225. The van der Waals surface area contributed by atoms with Crippen LogP contribution in [0, 0.1) is 0 Å². The highest BCUT2D eigenvalue weighted by Crippen LogP contribution is 2.35. The highest BCUT2D eigenvalue weighted by Gasteiger charge is 2.23. The molecule has 142 valence electrons. The highest BCUT2D eigenvalue weighted by atomic mass is 32.2. The molecule has 0 bridgehead atoms. The summed E-state index contributed by atoms with van der Waals surface area (Å²) in [5.74, 6) is 3.30. The first-order valence-corrected chi connectivity index (χ1v) is 10.8. The quantitative estimate of drug-likeness (QED) is 0.466. The first-order chi connectivity index (χ1) is 13.9. The van der Waals surface area contributed by atoms with E-state index in [9.17, 15) is 0 Å². The van der Waals surface area contributed by atoms with Crippen molar-refractivity contribution in [2.24, 2.45) is 0 Å². The smallest absolute Gasteiger partial charge is 0.161 e. The Morgan fingerprint density at radius 3 is 2.57 bits per heavy atom. The molecule has 1 unspecified atom stereocenters. The molecule has 0 spiro atoms. The summed E-state index contributed by atoms with van der Waals surface area (Å²) in [4.78, 5) is 9.83. The number of aromatic nitrogens is 2. The summed E-state index contributed by atoms with van der Waals surface area (Å²) in [5.41, 5.74) is 3.62. The van der Waals surface area contributed by atoms with Gasteiger partial charge in [-0.15, -0.1) is 11.8 Å². The van der Waals surface area contributed by atoms with Gasteiger partial charge in [0.2, 0.25) is 0 Å². The van der Waals surface area contributed by atoms with E-state index in [1.807, 2.05) is 42.5 Å². The first-order valence-electron chi connectivity index (χ1n) is 9.83. The number of fused-ring (bicyclic) bond motifs is 2. The van der Waals surface area contributed by atoms with Gasteiger partial charge in [-0.05, 0) is 37.8 Å². The third-order valence-corrected chi connectivity index (χ3v) is 6.30. The standard InChI is InChI=1S/C23H22N2O2S/c1-2-8-16(9-3-1)22-24-19-11-5-4-10-18(19)23(25-22)28-15-17-14-26-20-12-6-7-13-21(20)27-17/h1-3,6-9,12-13,17H,4-5,10-11,14-15H2. The number of aryl methyl sites for hydroxylation is 1. The van der Waals surface area contributed by atoms with Gasteiger partial charge >= 0.3 is 0 Å². The molecule has 28 heavy (non-hydrogen) atoms. The maximum Gasteiger partial charge on any atom is 0.161 e. The zero-order chi connectivity index (χ0) is 18.8. The van der Waals surface area contributed by atoms with Gasteiger partial charge in [-0.2, -0.15) is 0 Å². The zero-order valence-electron chi connectivity index (χ0n) is 15.6. The van der Waals surface area contributed by atoms with Crippen LogP contribution >= 0.6 is 11.8 Å². The van der Waals surface area contributed by atoms with Gasteiger partial charge < -0.3 is 9.47 Å².